The molecule has 0 radical (unpaired) electrons. The molecule has 1 aromatic heterocycles. The number of hydrogen-bond donors (Lipinski definition) is 2. The predicted molar refractivity (Wildman–Crippen MR) is 107 cm³/mol. The summed E-state index contributed by atoms with van der Waals surface area (Å²) in [5.41, 5.74) is 4.52. The molecule has 2 N–H and O–H groups in total. The quantitative estimate of drug-likeness (QED) is 0.669. The van der Waals surface area contributed by atoms with E-state index in [1.165, 1.54) is 5.56 Å². The van der Waals surface area contributed by atoms with Crippen molar-refractivity contribution < 1.29 is 4.79 Å². The highest BCUT2D eigenvalue weighted by Crippen LogP contribution is 2.19. The molecular formula is C22H20N4O. The highest BCUT2D eigenvalue weighted by atomic mass is 16.1. The van der Waals surface area contributed by atoms with Gasteiger partial charge < -0.3 is 10.6 Å². The van der Waals surface area contributed by atoms with E-state index >= 15 is 0 Å². The van der Waals surface area contributed by atoms with Crippen molar-refractivity contribution in [3.05, 3.63) is 83.7 Å². The van der Waals surface area contributed by atoms with Gasteiger partial charge in [-0.2, -0.15) is 5.26 Å². The van der Waals surface area contributed by atoms with Crippen LogP contribution in [0.25, 0.3) is 0 Å². The Bertz CT molecular complexity index is 953. The molecule has 134 valence electrons. The van der Waals surface area contributed by atoms with E-state index in [0.717, 1.165) is 17.1 Å². The third-order valence-electron chi connectivity index (χ3n) is 4.13. The zero-order chi connectivity index (χ0) is 19.2. The summed E-state index contributed by atoms with van der Waals surface area (Å²) >= 11 is 0. The molecule has 0 unspecified atom stereocenters. The lowest BCUT2D eigenvalue weighted by Crippen LogP contribution is -2.13. The van der Waals surface area contributed by atoms with Crippen LogP contribution in [0.1, 0.15) is 41.4 Å². The molecule has 0 aliphatic carbocycles. The normalized spacial score (nSPS) is 10.3. The lowest BCUT2D eigenvalue weighted by atomic mass is 10.0. The van der Waals surface area contributed by atoms with E-state index in [9.17, 15) is 4.79 Å². The standard InChI is InChI=1S/C22H20N4O/c1-15(2)17-5-9-19(10-6-17)26-22(27)21-12-11-20(14-24-21)25-18-7-3-16(13-23)4-8-18/h3-12,14-15,25H,1-2H3,(H,26,27). The zero-order valence-electron chi connectivity index (χ0n) is 15.2. The van der Waals surface area contributed by atoms with Crippen LogP contribution in [0.2, 0.25) is 0 Å². The van der Waals surface area contributed by atoms with Crippen LogP contribution in [0.3, 0.4) is 0 Å². The average Bonchev–Trinajstić information content (AvgIpc) is 2.69. The molecule has 5 heteroatoms. The van der Waals surface area contributed by atoms with Gasteiger partial charge in [-0.15, -0.1) is 0 Å². The van der Waals surface area contributed by atoms with E-state index < -0.39 is 0 Å². The first-order valence-electron chi connectivity index (χ1n) is 8.70. The first-order chi connectivity index (χ1) is 13.0. The Morgan fingerprint density at radius 2 is 1.56 bits per heavy atom. The SMILES string of the molecule is CC(C)c1ccc(NC(=O)c2ccc(Nc3ccc(C#N)cc3)cn2)cc1. The third kappa shape index (κ3) is 4.71. The summed E-state index contributed by atoms with van der Waals surface area (Å²) in [6, 6.07) is 20.5. The number of nitrogens with zero attached hydrogens (tertiary/aromatic N) is 2. The Morgan fingerprint density at radius 3 is 2.11 bits per heavy atom. The monoisotopic (exact) mass is 356 g/mol. The van der Waals surface area contributed by atoms with E-state index in [-0.39, 0.29) is 5.91 Å². The van der Waals surface area contributed by atoms with Crippen LogP contribution >= 0.6 is 0 Å². The summed E-state index contributed by atoms with van der Waals surface area (Å²) in [4.78, 5) is 16.6. The largest absolute Gasteiger partial charge is 0.354 e. The fraction of sp³-hybridized carbons (Fsp3) is 0.136. The van der Waals surface area contributed by atoms with Crippen molar-refractivity contribution in [1.29, 1.82) is 5.26 Å². The Morgan fingerprint density at radius 1 is 0.926 bits per heavy atom. The Labute approximate surface area is 158 Å². The zero-order valence-corrected chi connectivity index (χ0v) is 15.2. The highest BCUT2D eigenvalue weighted by Gasteiger charge is 2.08. The van der Waals surface area contributed by atoms with Crippen LogP contribution < -0.4 is 10.6 Å². The molecular weight excluding hydrogens is 336 g/mol. The summed E-state index contributed by atoms with van der Waals surface area (Å²) < 4.78 is 0. The van der Waals surface area contributed by atoms with Gasteiger partial charge in [0.2, 0.25) is 0 Å². The number of nitriles is 1. The van der Waals surface area contributed by atoms with Crippen molar-refractivity contribution >= 4 is 23.0 Å². The molecule has 2 aromatic carbocycles. The number of rotatable bonds is 5. The maximum atomic E-state index is 12.3. The first-order valence-corrected chi connectivity index (χ1v) is 8.70. The second-order valence-electron chi connectivity index (χ2n) is 6.48. The maximum Gasteiger partial charge on any atom is 0.274 e. The fourth-order valence-corrected chi connectivity index (χ4v) is 2.54. The van der Waals surface area contributed by atoms with Crippen LogP contribution in [0.15, 0.2) is 66.9 Å². The molecule has 0 saturated heterocycles. The first kappa shape index (κ1) is 18.2. The second-order valence-corrected chi connectivity index (χ2v) is 6.48. The van der Waals surface area contributed by atoms with Gasteiger partial charge in [0.25, 0.3) is 5.91 Å². The number of amides is 1. The number of aromatic nitrogens is 1. The van der Waals surface area contributed by atoms with Crippen molar-refractivity contribution in [2.24, 2.45) is 0 Å². The van der Waals surface area contributed by atoms with Crippen molar-refractivity contribution in [3.8, 4) is 6.07 Å². The Kier molecular flexibility index (Phi) is 5.48. The summed E-state index contributed by atoms with van der Waals surface area (Å²) in [6.45, 7) is 4.26. The van der Waals surface area contributed by atoms with E-state index in [2.05, 4.69) is 35.5 Å². The number of benzene rings is 2. The molecule has 0 fully saturated rings. The molecule has 0 atom stereocenters. The summed E-state index contributed by atoms with van der Waals surface area (Å²) in [6.07, 6.45) is 1.61. The second kappa shape index (κ2) is 8.15. The summed E-state index contributed by atoms with van der Waals surface area (Å²) in [5, 5.41) is 14.9. The summed E-state index contributed by atoms with van der Waals surface area (Å²) in [5.74, 6) is 0.199. The molecule has 0 aliphatic heterocycles. The van der Waals surface area contributed by atoms with Crippen LogP contribution in [0.5, 0.6) is 0 Å². The molecule has 0 spiro atoms. The summed E-state index contributed by atoms with van der Waals surface area (Å²) in [7, 11) is 0. The number of nitrogens with one attached hydrogen (secondary N) is 2. The number of carbonyl (C=O) groups excluding carboxylic acids is 1. The van der Waals surface area contributed by atoms with Gasteiger partial charge in [-0.05, 0) is 60.0 Å². The number of anilines is 3. The fourth-order valence-electron chi connectivity index (χ4n) is 2.54. The molecule has 0 saturated carbocycles. The van der Waals surface area contributed by atoms with Gasteiger partial charge in [0.05, 0.1) is 23.5 Å². The molecule has 0 bridgehead atoms. The van der Waals surface area contributed by atoms with Gasteiger partial charge >= 0.3 is 0 Å². The van der Waals surface area contributed by atoms with E-state index in [4.69, 9.17) is 5.26 Å². The third-order valence-corrected chi connectivity index (χ3v) is 4.13. The van der Waals surface area contributed by atoms with Gasteiger partial charge in [0, 0.05) is 11.4 Å². The van der Waals surface area contributed by atoms with Crippen LogP contribution in [0, 0.1) is 11.3 Å². The van der Waals surface area contributed by atoms with Gasteiger partial charge in [-0.25, -0.2) is 4.98 Å². The van der Waals surface area contributed by atoms with Gasteiger partial charge in [0.1, 0.15) is 5.69 Å². The molecule has 0 aliphatic rings. The topological polar surface area (TPSA) is 77.8 Å². The molecule has 1 amide bonds. The minimum Gasteiger partial charge on any atom is -0.354 e. The highest BCUT2D eigenvalue weighted by molar-refractivity contribution is 6.02. The van der Waals surface area contributed by atoms with Crippen molar-refractivity contribution in [2.75, 3.05) is 10.6 Å². The number of hydrogen-bond acceptors (Lipinski definition) is 4. The Hall–Kier alpha value is -3.65. The smallest absolute Gasteiger partial charge is 0.274 e. The van der Waals surface area contributed by atoms with Gasteiger partial charge in [-0.3, -0.25) is 4.79 Å². The van der Waals surface area contributed by atoms with Gasteiger partial charge in [0.15, 0.2) is 0 Å². The van der Waals surface area contributed by atoms with Gasteiger partial charge in [-0.1, -0.05) is 26.0 Å². The van der Waals surface area contributed by atoms with E-state index in [0.29, 0.717) is 17.2 Å². The van der Waals surface area contributed by atoms with Crippen LogP contribution in [0.4, 0.5) is 17.1 Å². The maximum absolute atomic E-state index is 12.3. The lowest BCUT2D eigenvalue weighted by Gasteiger charge is -2.09. The minimum absolute atomic E-state index is 0.253. The van der Waals surface area contributed by atoms with Crippen molar-refractivity contribution in [3.63, 3.8) is 0 Å². The molecule has 3 rings (SSSR count). The van der Waals surface area contributed by atoms with E-state index in [1.54, 1.807) is 30.5 Å². The number of pyridine rings is 1. The van der Waals surface area contributed by atoms with Crippen LogP contribution in [-0.4, -0.2) is 10.9 Å². The van der Waals surface area contributed by atoms with E-state index in [1.807, 2.05) is 36.4 Å². The van der Waals surface area contributed by atoms with Crippen molar-refractivity contribution in [2.45, 2.75) is 19.8 Å². The Balaban J connectivity index is 1.63. The number of carbonyl (C=O) groups is 1. The lowest BCUT2D eigenvalue weighted by molar-refractivity contribution is 0.102. The molecule has 27 heavy (non-hydrogen) atoms. The molecule has 3 aromatic rings. The predicted octanol–water partition coefficient (Wildman–Crippen LogP) is 5.07. The molecule has 1 heterocycles. The molecule has 5 nitrogen and oxygen atoms in total. The average molecular weight is 356 g/mol. The minimum atomic E-state index is -0.253. The van der Waals surface area contributed by atoms with Crippen molar-refractivity contribution in [1.82, 2.24) is 4.98 Å². The van der Waals surface area contributed by atoms with Crippen LogP contribution in [-0.2, 0) is 0 Å².